The smallest absolute Gasteiger partial charge is 0.256 e. The van der Waals surface area contributed by atoms with E-state index in [1.165, 1.54) is 11.1 Å². The number of piperidine rings is 1. The Labute approximate surface area is 169 Å². The Kier molecular flexibility index (Phi) is 5.52. The highest BCUT2D eigenvalue weighted by atomic mass is 19.1. The predicted octanol–water partition coefficient (Wildman–Crippen LogP) is 1.68. The van der Waals surface area contributed by atoms with E-state index < -0.39 is 11.7 Å². The first kappa shape index (κ1) is 19.8. The molecule has 156 valence electrons. The Morgan fingerprint density at radius 1 is 1.17 bits per heavy atom. The van der Waals surface area contributed by atoms with Crippen molar-refractivity contribution in [1.82, 2.24) is 19.7 Å². The topological polar surface area (TPSA) is 73.8 Å². The van der Waals surface area contributed by atoms with Gasteiger partial charge in [0.05, 0.1) is 23.7 Å². The monoisotopic (exact) mass is 402 g/mol. The molecule has 0 aromatic carbocycles. The summed E-state index contributed by atoms with van der Waals surface area (Å²) in [7, 11) is 0. The molecule has 8 heteroatoms. The molecule has 4 rings (SSSR count). The van der Waals surface area contributed by atoms with Gasteiger partial charge in [-0.05, 0) is 38.2 Å². The van der Waals surface area contributed by atoms with E-state index >= 15 is 0 Å². The molecule has 0 radical (unpaired) electrons. The van der Waals surface area contributed by atoms with E-state index in [0.717, 1.165) is 44.6 Å². The van der Waals surface area contributed by atoms with Crippen LogP contribution in [0, 0.1) is 11.7 Å². The third-order valence-electron chi connectivity index (χ3n) is 6.43. The number of nitrogens with zero attached hydrogens (tertiary/aromatic N) is 4. The SMILES string of the molecule is CC[C@@H]1[C@H](C(=O)N2CCCCC2)C[C@@H]2CN(C(=O)c3cncc(F)c3)CC(=O)N21. The second kappa shape index (κ2) is 8.08. The summed E-state index contributed by atoms with van der Waals surface area (Å²) in [6.45, 7) is 3.91. The average molecular weight is 402 g/mol. The Morgan fingerprint density at radius 2 is 1.93 bits per heavy atom. The quantitative estimate of drug-likeness (QED) is 0.771. The van der Waals surface area contributed by atoms with Crippen molar-refractivity contribution in [3.05, 3.63) is 29.8 Å². The van der Waals surface area contributed by atoms with Gasteiger partial charge in [-0.2, -0.15) is 0 Å². The molecule has 1 aromatic heterocycles. The molecular weight excluding hydrogens is 375 g/mol. The lowest BCUT2D eigenvalue weighted by atomic mass is 9.94. The van der Waals surface area contributed by atoms with Crippen molar-refractivity contribution in [2.24, 2.45) is 5.92 Å². The molecule has 3 aliphatic heterocycles. The Bertz CT molecular complexity index is 811. The summed E-state index contributed by atoms with van der Waals surface area (Å²) in [6, 6.07) is 0.846. The number of aromatic nitrogens is 1. The van der Waals surface area contributed by atoms with Gasteiger partial charge >= 0.3 is 0 Å². The minimum atomic E-state index is -0.583. The molecule has 3 amide bonds. The number of carbonyl (C=O) groups excluding carboxylic acids is 3. The first-order valence-electron chi connectivity index (χ1n) is 10.5. The lowest BCUT2D eigenvalue weighted by Gasteiger charge is -2.40. The van der Waals surface area contributed by atoms with Crippen LogP contribution in [0.25, 0.3) is 0 Å². The minimum Gasteiger partial charge on any atom is -0.342 e. The molecule has 3 atom stereocenters. The van der Waals surface area contributed by atoms with Crippen molar-refractivity contribution in [2.75, 3.05) is 26.2 Å². The summed E-state index contributed by atoms with van der Waals surface area (Å²) in [5.41, 5.74) is 0.136. The van der Waals surface area contributed by atoms with Gasteiger partial charge in [0.25, 0.3) is 5.91 Å². The van der Waals surface area contributed by atoms with Crippen molar-refractivity contribution in [3.8, 4) is 0 Å². The second-order valence-electron chi connectivity index (χ2n) is 8.24. The molecule has 0 unspecified atom stereocenters. The number of hydrogen-bond acceptors (Lipinski definition) is 4. The summed E-state index contributed by atoms with van der Waals surface area (Å²) >= 11 is 0. The lowest BCUT2D eigenvalue weighted by molar-refractivity contribution is -0.141. The van der Waals surface area contributed by atoms with Crippen LogP contribution in [0.4, 0.5) is 4.39 Å². The van der Waals surface area contributed by atoms with Crippen LogP contribution in [0.2, 0.25) is 0 Å². The van der Waals surface area contributed by atoms with Crippen LogP contribution in [-0.4, -0.2) is 75.7 Å². The number of carbonyl (C=O) groups is 3. The predicted molar refractivity (Wildman–Crippen MR) is 103 cm³/mol. The van der Waals surface area contributed by atoms with Gasteiger partial charge in [0.1, 0.15) is 12.4 Å². The van der Waals surface area contributed by atoms with E-state index in [9.17, 15) is 18.8 Å². The Hall–Kier alpha value is -2.51. The molecule has 0 N–H and O–H groups in total. The molecule has 3 saturated heterocycles. The largest absolute Gasteiger partial charge is 0.342 e. The van der Waals surface area contributed by atoms with E-state index in [-0.39, 0.29) is 41.9 Å². The van der Waals surface area contributed by atoms with Gasteiger partial charge in [-0.1, -0.05) is 6.92 Å². The number of pyridine rings is 1. The van der Waals surface area contributed by atoms with E-state index in [1.807, 2.05) is 16.7 Å². The highest BCUT2D eigenvalue weighted by molar-refractivity contribution is 5.97. The van der Waals surface area contributed by atoms with Crippen LogP contribution in [-0.2, 0) is 9.59 Å². The molecule has 0 aliphatic carbocycles. The van der Waals surface area contributed by atoms with Gasteiger partial charge < -0.3 is 14.7 Å². The van der Waals surface area contributed by atoms with Crippen LogP contribution in [0.5, 0.6) is 0 Å². The highest BCUT2D eigenvalue weighted by Gasteiger charge is 2.50. The molecule has 4 heterocycles. The van der Waals surface area contributed by atoms with Gasteiger partial charge in [-0.25, -0.2) is 4.39 Å². The van der Waals surface area contributed by atoms with Crippen molar-refractivity contribution in [1.29, 1.82) is 0 Å². The number of halogens is 1. The summed E-state index contributed by atoms with van der Waals surface area (Å²) in [5.74, 6) is -1.19. The first-order valence-corrected chi connectivity index (χ1v) is 10.5. The van der Waals surface area contributed by atoms with Crippen molar-refractivity contribution in [2.45, 2.75) is 51.1 Å². The van der Waals surface area contributed by atoms with Crippen LogP contribution in [0.3, 0.4) is 0 Å². The number of likely N-dealkylation sites (tertiary alicyclic amines) is 1. The molecule has 0 bridgehead atoms. The van der Waals surface area contributed by atoms with Crippen molar-refractivity contribution < 1.29 is 18.8 Å². The molecule has 0 saturated carbocycles. The second-order valence-corrected chi connectivity index (χ2v) is 8.24. The number of fused-ring (bicyclic) bond motifs is 1. The summed E-state index contributed by atoms with van der Waals surface area (Å²) < 4.78 is 13.4. The summed E-state index contributed by atoms with van der Waals surface area (Å²) in [6.07, 6.45) is 6.87. The lowest BCUT2D eigenvalue weighted by Crippen LogP contribution is -2.57. The average Bonchev–Trinajstić information content (AvgIpc) is 3.12. The number of piperazine rings is 1. The summed E-state index contributed by atoms with van der Waals surface area (Å²) in [4.78, 5) is 47.8. The molecule has 3 aliphatic rings. The van der Waals surface area contributed by atoms with Crippen LogP contribution < -0.4 is 0 Å². The van der Waals surface area contributed by atoms with Crippen molar-refractivity contribution in [3.63, 3.8) is 0 Å². The van der Waals surface area contributed by atoms with Gasteiger partial charge in [-0.3, -0.25) is 19.4 Å². The fraction of sp³-hybridized carbons (Fsp3) is 0.619. The molecular formula is C21H27FN4O3. The maximum absolute atomic E-state index is 13.4. The number of amides is 3. The molecule has 3 fully saturated rings. The summed E-state index contributed by atoms with van der Waals surface area (Å²) in [5, 5.41) is 0. The minimum absolute atomic E-state index is 0.0486. The fourth-order valence-electron chi connectivity index (χ4n) is 5.10. The van der Waals surface area contributed by atoms with Gasteiger partial charge in [0, 0.05) is 31.9 Å². The van der Waals surface area contributed by atoms with Crippen LogP contribution >= 0.6 is 0 Å². The van der Waals surface area contributed by atoms with Crippen LogP contribution in [0.15, 0.2) is 18.5 Å². The molecule has 1 aromatic rings. The zero-order valence-electron chi connectivity index (χ0n) is 16.7. The molecule has 7 nitrogen and oxygen atoms in total. The van der Waals surface area contributed by atoms with Crippen LogP contribution in [0.1, 0.15) is 49.4 Å². The van der Waals surface area contributed by atoms with Gasteiger partial charge in [-0.15, -0.1) is 0 Å². The van der Waals surface area contributed by atoms with E-state index in [1.54, 1.807) is 0 Å². The molecule has 29 heavy (non-hydrogen) atoms. The number of rotatable bonds is 3. The number of hydrogen-bond donors (Lipinski definition) is 0. The van der Waals surface area contributed by atoms with E-state index in [4.69, 9.17) is 0 Å². The maximum Gasteiger partial charge on any atom is 0.256 e. The fourth-order valence-corrected chi connectivity index (χ4v) is 5.10. The Morgan fingerprint density at radius 3 is 2.62 bits per heavy atom. The van der Waals surface area contributed by atoms with E-state index in [0.29, 0.717) is 19.4 Å². The van der Waals surface area contributed by atoms with Crippen molar-refractivity contribution >= 4 is 17.7 Å². The third-order valence-corrected chi connectivity index (χ3v) is 6.43. The van der Waals surface area contributed by atoms with Gasteiger partial charge in [0.2, 0.25) is 11.8 Å². The van der Waals surface area contributed by atoms with Gasteiger partial charge in [0.15, 0.2) is 0 Å². The maximum atomic E-state index is 13.4. The molecule has 0 spiro atoms. The normalized spacial score (nSPS) is 27.2. The zero-order valence-corrected chi connectivity index (χ0v) is 16.7. The standard InChI is InChI=1S/C21H27FN4O3/c1-2-18-17(21(29)24-6-4-3-5-7-24)9-16-12-25(13-19(27)26(16)18)20(28)14-8-15(22)11-23-10-14/h8,10-11,16-18H,2-7,9,12-13H2,1H3/t16-,17-,18-/m1/s1. The zero-order chi connectivity index (χ0) is 20.5. The third kappa shape index (κ3) is 3.72. The Balaban J connectivity index is 1.51. The highest BCUT2D eigenvalue weighted by Crippen LogP contribution is 2.36. The first-order chi connectivity index (χ1) is 14.0. The van der Waals surface area contributed by atoms with E-state index in [2.05, 4.69) is 4.98 Å².